The van der Waals surface area contributed by atoms with Crippen LogP contribution in [0.5, 0.6) is 0 Å². The van der Waals surface area contributed by atoms with Gasteiger partial charge in [0.15, 0.2) is 0 Å². The van der Waals surface area contributed by atoms with Gasteiger partial charge in [-0.1, -0.05) is 0 Å². The van der Waals surface area contributed by atoms with Crippen LogP contribution in [0.2, 0.25) is 0 Å². The first-order chi connectivity index (χ1) is 10.5. The lowest BCUT2D eigenvalue weighted by Crippen LogP contribution is -2.55. The number of amides is 2. The number of piperazine rings is 1. The van der Waals surface area contributed by atoms with Crippen molar-refractivity contribution in [2.45, 2.75) is 39.4 Å². The number of carbonyl (C=O) groups excluding carboxylic acids is 2. The summed E-state index contributed by atoms with van der Waals surface area (Å²) in [6.45, 7) is 8.68. The first-order valence-corrected chi connectivity index (χ1v) is 7.75. The lowest BCUT2D eigenvalue weighted by molar-refractivity contribution is -0.139. The van der Waals surface area contributed by atoms with Gasteiger partial charge in [-0.15, -0.1) is 0 Å². The average molecular weight is 307 g/mol. The highest BCUT2D eigenvalue weighted by molar-refractivity contribution is 5.82. The van der Waals surface area contributed by atoms with Crippen LogP contribution in [0, 0.1) is 0 Å². The van der Waals surface area contributed by atoms with Gasteiger partial charge < -0.3 is 15.1 Å². The highest BCUT2D eigenvalue weighted by Gasteiger charge is 2.26. The van der Waals surface area contributed by atoms with Gasteiger partial charge >= 0.3 is 0 Å². The van der Waals surface area contributed by atoms with Crippen molar-refractivity contribution in [1.29, 1.82) is 0 Å². The molecule has 2 atom stereocenters. The van der Waals surface area contributed by atoms with E-state index in [4.69, 9.17) is 0 Å². The number of aromatic nitrogens is 2. The zero-order valence-corrected chi connectivity index (χ0v) is 13.5. The number of hydrogen-bond donors (Lipinski definition) is 1. The van der Waals surface area contributed by atoms with E-state index in [0.717, 1.165) is 6.54 Å². The molecule has 0 aromatic carbocycles. The Morgan fingerprint density at radius 2 is 1.82 bits per heavy atom. The van der Waals surface area contributed by atoms with E-state index in [1.54, 1.807) is 18.0 Å². The molecule has 1 aromatic rings. The molecule has 1 saturated heterocycles. The Balaban J connectivity index is 1.78. The van der Waals surface area contributed by atoms with Gasteiger partial charge in [-0.05, 0) is 19.9 Å². The topological polar surface area (TPSA) is 70.5 Å². The highest BCUT2D eigenvalue weighted by atomic mass is 16.2. The van der Waals surface area contributed by atoms with Crippen LogP contribution in [0.3, 0.4) is 0 Å². The van der Waals surface area contributed by atoms with Crippen molar-refractivity contribution in [3.63, 3.8) is 0 Å². The van der Waals surface area contributed by atoms with Crippen LogP contribution >= 0.6 is 0 Å². The first-order valence-electron chi connectivity index (χ1n) is 7.75. The SMILES string of the molecule is CC(=O)N1CCN(C(=O)[C@@H](C)N[C@H](C)Cn2cccn2)CC1. The van der Waals surface area contributed by atoms with Gasteiger partial charge in [0, 0.05) is 51.5 Å². The molecule has 7 heteroatoms. The molecule has 0 aliphatic carbocycles. The van der Waals surface area contributed by atoms with Gasteiger partial charge in [0.1, 0.15) is 0 Å². The molecule has 2 heterocycles. The Labute approximate surface area is 131 Å². The highest BCUT2D eigenvalue weighted by Crippen LogP contribution is 2.05. The van der Waals surface area contributed by atoms with E-state index in [1.807, 2.05) is 35.7 Å². The number of nitrogens with zero attached hydrogens (tertiary/aromatic N) is 4. The molecule has 0 bridgehead atoms. The van der Waals surface area contributed by atoms with Crippen molar-refractivity contribution in [3.05, 3.63) is 18.5 Å². The van der Waals surface area contributed by atoms with Crippen molar-refractivity contribution in [2.24, 2.45) is 0 Å². The summed E-state index contributed by atoms with van der Waals surface area (Å²) in [4.78, 5) is 27.4. The predicted molar refractivity (Wildman–Crippen MR) is 83.1 cm³/mol. The number of carbonyl (C=O) groups is 2. The average Bonchev–Trinajstić information content (AvgIpc) is 2.99. The zero-order valence-electron chi connectivity index (χ0n) is 13.5. The van der Waals surface area contributed by atoms with Gasteiger partial charge in [0.25, 0.3) is 0 Å². The van der Waals surface area contributed by atoms with E-state index < -0.39 is 0 Å². The van der Waals surface area contributed by atoms with Crippen molar-refractivity contribution in [2.75, 3.05) is 26.2 Å². The van der Waals surface area contributed by atoms with Gasteiger partial charge in [0.2, 0.25) is 11.8 Å². The second-order valence-electron chi connectivity index (χ2n) is 5.85. The summed E-state index contributed by atoms with van der Waals surface area (Å²) in [6, 6.07) is 1.79. The van der Waals surface area contributed by atoms with E-state index in [9.17, 15) is 9.59 Å². The van der Waals surface area contributed by atoms with Crippen molar-refractivity contribution < 1.29 is 9.59 Å². The molecule has 1 fully saturated rings. The third kappa shape index (κ3) is 4.30. The molecule has 2 amide bonds. The molecule has 1 aromatic heterocycles. The molecule has 0 saturated carbocycles. The predicted octanol–water partition coefficient (Wildman–Crippen LogP) is -0.0596. The molecule has 0 radical (unpaired) electrons. The second kappa shape index (κ2) is 7.40. The Bertz CT molecular complexity index is 494. The van der Waals surface area contributed by atoms with E-state index in [2.05, 4.69) is 10.4 Å². The molecule has 1 N–H and O–H groups in total. The normalized spacial score (nSPS) is 18.1. The zero-order chi connectivity index (χ0) is 16.1. The fourth-order valence-electron chi connectivity index (χ4n) is 2.76. The Morgan fingerprint density at radius 3 is 2.36 bits per heavy atom. The molecule has 7 nitrogen and oxygen atoms in total. The third-order valence-corrected chi connectivity index (χ3v) is 3.96. The van der Waals surface area contributed by atoms with Gasteiger partial charge in [-0.3, -0.25) is 14.3 Å². The van der Waals surface area contributed by atoms with Crippen molar-refractivity contribution in [3.8, 4) is 0 Å². The molecular weight excluding hydrogens is 282 g/mol. The summed E-state index contributed by atoms with van der Waals surface area (Å²) < 4.78 is 1.85. The minimum Gasteiger partial charge on any atom is -0.339 e. The van der Waals surface area contributed by atoms with Crippen molar-refractivity contribution >= 4 is 11.8 Å². The van der Waals surface area contributed by atoms with Crippen LogP contribution in [0.15, 0.2) is 18.5 Å². The van der Waals surface area contributed by atoms with Gasteiger partial charge in [0.05, 0.1) is 12.6 Å². The molecule has 1 aliphatic rings. The van der Waals surface area contributed by atoms with Gasteiger partial charge in [-0.2, -0.15) is 5.10 Å². The summed E-state index contributed by atoms with van der Waals surface area (Å²) in [7, 11) is 0. The monoisotopic (exact) mass is 307 g/mol. The third-order valence-electron chi connectivity index (χ3n) is 3.96. The quantitative estimate of drug-likeness (QED) is 0.827. The molecule has 22 heavy (non-hydrogen) atoms. The van der Waals surface area contributed by atoms with Crippen LogP contribution in [0.4, 0.5) is 0 Å². The summed E-state index contributed by atoms with van der Waals surface area (Å²) in [6.07, 6.45) is 3.65. The van der Waals surface area contributed by atoms with Crippen LogP contribution in [0.1, 0.15) is 20.8 Å². The second-order valence-corrected chi connectivity index (χ2v) is 5.85. The smallest absolute Gasteiger partial charge is 0.239 e. The first kappa shape index (κ1) is 16.5. The fourth-order valence-corrected chi connectivity index (χ4v) is 2.76. The van der Waals surface area contributed by atoms with Crippen LogP contribution in [-0.4, -0.2) is 69.7 Å². The van der Waals surface area contributed by atoms with Crippen LogP contribution in [0.25, 0.3) is 0 Å². The minimum absolute atomic E-state index is 0.0751. The maximum atomic E-state index is 12.5. The van der Waals surface area contributed by atoms with E-state index in [1.165, 1.54) is 0 Å². The maximum Gasteiger partial charge on any atom is 0.239 e. The standard InChI is InChI=1S/C15H25N5O2/c1-12(11-20-6-4-5-16-20)17-13(2)15(22)19-9-7-18(8-10-19)14(3)21/h4-6,12-13,17H,7-11H2,1-3H3/t12-,13-/m1/s1. The van der Waals surface area contributed by atoms with E-state index in [-0.39, 0.29) is 23.9 Å². The summed E-state index contributed by atoms with van der Waals surface area (Å²) in [5, 5.41) is 7.48. The number of rotatable bonds is 5. The largest absolute Gasteiger partial charge is 0.339 e. The Hall–Kier alpha value is -1.89. The molecule has 0 unspecified atom stereocenters. The molecular formula is C15H25N5O2. The van der Waals surface area contributed by atoms with Crippen LogP contribution < -0.4 is 5.32 Å². The Kier molecular flexibility index (Phi) is 5.54. The summed E-state index contributed by atoms with van der Waals surface area (Å²) >= 11 is 0. The van der Waals surface area contributed by atoms with E-state index >= 15 is 0 Å². The summed E-state index contributed by atoms with van der Waals surface area (Å²) in [5.41, 5.74) is 0. The molecule has 0 spiro atoms. The maximum absolute atomic E-state index is 12.5. The summed E-state index contributed by atoms with van der Waals surface area (Å²) in [5.74, 6) is 0.168. The fraction of sp³-hybridized carbons (Fsp3) is 0.667. The minimum atomic E-state index is -0.241. The molecule has 2 rings (SSSR count). The number of nitrogens with one attached hydrogen (secondary N) is 1. The van der Waals surface area contributed by atoms with E-state index in [0.29, 0.717) is 26.2 Å². The molecule has 1 aliphatic heterocycles. The van der Waals surface area contributed by atoms with Crippen LogP contribution in [-0.2, 0) is 16.1 Å². The molecule has 122 valence electrons. The Morgan fingerprint density at radius 1 is 1.18 bits per heavy atom. The van der Waals surface area contributed by atoms with Crippen molar-refractivity contribution in [1.82, 2.24) is 24.9 Å². The number of hydrogen-bond acceptors (Lipinski definition) is 4. The lowest BCUT2D eigenvalue weighted by Gasteiger charge is -2.36. The lowest BCUT2D eigenvalue weighted by atomic mass is 10.2. The van der Waals surface area contributed by atoms with Gasteiger partial charge in [-0.25, -0.2) is 0 Å².